The van der Waals surface area contributed by atoms with E-state index in [0.29, 0.717) is 40.0 Å². The second-order valence-corrected chi connectivity index (χ2v) is 8.80. The highest BCUT2D eigenvalue weighted by Crippen LogP contribution is 2.30. The first-order valence-corrected chi connectivity index (χ1v) is 10.8. The summed E-state index contributed by atoms with van der Waals surface area (Å²) < 4.78 is 24.3. The number of imidazole rings is 1. The number of sulfone groups is 1. The minimum Gasteiger partial charge on any atom is -0.352 e. The van der Waals surface area contributed by atoms with Crippen molar-refractivity contribution in [1.29, 1.82) is 0 Å². The molecule has 0 spiro atoms. The quantitative estimate of drug-likeness (QED) is 0.459. The Hall–Kier alpha value is -3.46. The number of benzene rings is 1. The Bertz CT molecular complexity index is 1300. The first-order chi connectivity index (χ1) is 13.8. The van der Waals surface area contributed by atoms with E-state index in [-0.39, 0.29) is 4.90 Å². The molecule has 0 fully saturated rings. The van der Waals surface area contributed by atoms with Crippen LogP contribution in [-0.4, -0.2) is 34.6 Å². The monoisotopic (exact) mass is 408 g/mol. The standard InChI is InChI=1S/C20H20N6O2S/c1-12-8-9-17(21-11-12)25-18-10-15(19-20(26-18)23-13(2)22-19)24-14-6-4-5-7-16(14)29(3,27)28/h4-11H,1-3H3,(H3,21,22,23,24,25,26). The fraction of sp³-hybridized carbons (Fsp3) is 0.150. The van der Waals surface area contributed by atoms with Crippen LogP contribution < -0.4 is 10.6 Å². The molecule has 1 aromatic carbocycles. The second-order valence-electron chi connectivity index (χ2n) is 6.81. The number of aromatic amines is 1. The van der Waals surface area contributed by atoms with Gasteiger partial charge in [0.1, 0.15) is 23.0 Å². The Morgan fingerprint density at radius 3 is 2.45 bits per heavy atom. The van der Waals surface area contributed by atoms with Gasteiger partial charge in [-0.05, 0) is 37.6 Å². The lowest BCUT2D eigenvalue weighted by Crippen LogP contribution is -2.04. The van der Waals surface area contributed by atoms with E-state index in [9.17, 15) is 8.42 Å². The summed E-state index contributed by atoms with van der Waals surface area (Å²) in [7, 11) is -3.40. The minimum absolute atomic E-state index is 0.215. The van der Waals surface area contributed by atoms with Crippen molar-refractivity contribution < 1.29 is 8.42 Å². The molecule has 0 bridgehead atoms. The maximum atomic E-state index is 12.2. The topological polar surface area (TPSA) is 113 Å². The Morgan fingerprint density at radius 2 is 1.72 bits per heavy atom. The summed E-state index contributed by atoms with van der Waals surface area (Å²) in [5, 5.41) is 6.38. The van der Waals surface area contributed by atoms with Gasteiger partial charge in [0, 0.05) is 18.5 Å². The normalized spacial score (nSPS) is 11.6. The summed E-state index contributed by atoms with van der Waals surface area (Å²) in [4.78, 5) is 16.7. The zero-order valence-electron chi connectivity index (χ0n) is 16.2. The van der Waals surface area contributed by atoms with Crippen LogP contribution in [0.1, 0.15) is 11.4 Å². The van der Waals surface area contributed by atoms with Crippen LogP contribution in [0.2, 0.25) is 0 Å². The molecule has 8 nitrogen and oxygen atoms in total. The van der Waals surface area contributed by atoms with Crippen molar-refractivity contribution >= 4 is 44.0 Å². The zero-order valence-corrected chi connectivity index (χ0v) is 17.0. The predicted octanol–water partition coefficient (Wildman–Crippen LogP) is 3.86. The molecule has 0 radical (unpaired) electrons. The molecule has 0 aliphatic heterocycles. The highest BCUT2D eigenvalue weighted by molar-refractivity contribution is 7.90. The van der Waals surface area contributed by atoms with E-state index in [1.165, 1.54) is 6.26 Å². The van der Waals surface area contributed by atoms with Gasteiger partial charge in [0.05, 0.1) is 16.3 Å². The number of para-hydroxylation sites is 1. The van der Waals surface area contributed by atoms with E-state index < -0.39 is 9.84 Å². The molecule has 4 aromatic rings. The van der Waals surface area contributed by atoms with Crippen LogP contribution in [0.5, 0.6) is 0 Å². The summed E-state index contributed by atoms with van der Waals surface area (Å²) >= 11 is 0. The Labute approximate surface area is 168 Å². The molecule has 3 heterocycles. The first kappa shape index (κ1) is 18.9. The number of hydrogen-bond donors (Lipinski definition) is 3. The summed E-state index contributed by atoms with van der Waals surface area (Å²) in [6, 6.07) is 12.4. The van der Waals surface area contributed by atoms with Gasteiger partial charge in [0.25, 0.3) is 0 Å². The Morgan fingerprint density at radius 1 is 0.931 bits per heavy atom. The average Bonchev–Trinajstić information content (AvgIpc) is 3.04. The summed E-state index contributed by atoms with van der Waals surface area (Å²) in [6.07, 6.45) is 2.95. The maximum Gasteiger partial charge on any atom is 0.177 e. The number of rotatable bonds is 5. The summed E-state index contributed by atoms with van der Waals surface area (Å²) in [6.45, 7) is 3.81. The van der Waals surface area contributed by atoms with Crippen LogP contribution in [0.25, 0.3) is 11.2 Å². The lowest BCUT2D eigenvalue weighted by atomic mass is 10.2. The molecule has 29 heavy (non-hydrogen) atoms. The number of hydrogen-bond acceptors (Lipinski definition) is 7. The molecule has 3 aromatic heterocycles. The Kier molecular flexibility index (Phi) is 4.67. The minimum atomic E-state index is -3.40. The lowest BCUT2D eigenvalue weighted by Gasteiger charge is -2.13. The van der Waals surface area contributed by atoms with Crippen LogP contribution >= 0.6 is 0 Å². The van der Waals surface area contributed by atoms with Gasteiger partial charge in [-0.25, -0.2) is 23.4 Å². The number of nitrogens with one attached hydrogen (secondary N) is 3. The number of aromatic nitrogens is 4. The molecule has 3 N–H and O–H groups in total. The van der Waals surface area contributed by atoms with Gasteiger partial charge in [-0.2, -0.15) is 0 Å². The van der Waals surface area contributed by atoms with Crippen molar-refractivity contribution in [1.82, 2.24) is 19.9 Å². The molecular weight excluding hydrogens is 388 g/mol. The van der Waals surface area contributed by atoms with Crippen LogP contribution in [0.3, 0.4) is 0 Å². The van der Waals surface area contributed by atoms with E-state index in [1.807, 2.05) is 26.0 Å². The fourth-order valence-corrected chi connectivity index (χ4v) is 3.82. The van der Waals surface area contributed by atoms with Crippen molar-refractivity contribution in [3.63, 3.8) is 0 Å². The zero-order chi connectivity index (χ0) is 20.6. The fourth-order valence-electron chi connectivity index (χ4n) is 2.98. The van der Waals surface area contributed by atoms with Gasteiger partial charge in [0.15, 0.2) is 15.5 Å². The number of nitrogens with zero attached hydrogens (tertiary/aromatic N) is 3. The van der Waals surface area contributed by atoms with Crippen molar-refractivity contribution in [3.8, 4) is 0 Å². The summed E-state index contributed by atoms with van der Waals surface area (Å²) in [5.74, 6) is 1.91. The molecule has 0 aliphatic rings. The van der Waals surface area contributed by atoms with Gasteiger partial charge < -0.3 is 15.6 Å². The molecule has 0 unspecified atom stereocenters. The van der Waals surface area contributed by atoms with E-state index in [4.69, 9.17) is 0 Å². The van der Waals surface area contributed by atoms with E-state index in [0.717, 1.165) is 5.56 Å². The van der Waals surface area contributed by atoms with Gasteiger partial charge in [-0.15, -0.1) is 0 Å². The van der Waals surface area contributed by atoms with E-state index in [1.54, 1.807) is 36.5 Å². The number of H-pyrrole nitrogens is 1. The van der Waals surface area contributed by atoms with Crippen LogP contribution in [0.4, 0.5) is 23.0 Å². The number of aryl methyl sites for hydroxylation is 2. The van der Waals surface area contributed by atoms with Crippen LogP contribution in [0.15, 0.2) is 53.6 Å². The van der Waals surface area contributed by atoms with Crippen LogP contribution in [0, 0.1) is 13.8 Å². The van der Waals surface area contributed by atoms with Crippen molar-refractivity contribution in [3.05, 3.63) is 60.0 Å². The summed E-state index contributed by atoms with van der Waals surface area (Å²) in [5.41, 5.74) is 3.36. The molecular formula is C20H20N6O2S. The molecule has 0 amide bonds. The van der Waals surface area contributed by atoms with E-state index in [2.05, 4.69) is 30.6 Å². The van der Waals surface area contributed by atoms with Crippen molar-refractivity contribution in [2.75, 3.05) is 16.9 Å². The molecule has 0 saturated heterocycles. The second kappa shape index (κ2) is 7.17. The van der Waals surface area contributed by atoms with Crippen molar-refractivity contribution in [2.45, 2.75) is 18.7 Å². The molecule has 9 heteroatoms. The lowest BCUT2D eigenvalue weighted by molar-refractivity contribution is 0.602. The third kappa shape index (κ3) is 4.04. The van der Waals surface area contributed by atoms with E-state index >= 15 is 0 Å². The highest BCUT2D eigenvalue weighted by Gasteiger charge is 2.16. The molecule has 0 aliphatic carbocycles. The highest BCUT2D eigenvalue weighted by atomic mass is 32.2. The molecule has 148 valence electrons. The largest absolute Gasteiger partial charge is 0.352 e. The Balaban J connectivity index is 1.79. The first-order valence-electron chi connectivity index (χ1n) is 8.93. The SMILES string of the molecule is Cc1ccc(Nc2cc(Nc3ccccc3S(C)(=O)=O)c3nc(C)[nH]c3n2)nc1. The van der Waals surface area contributed by atoms with Gasteiger partial charge >= 0.3 is 0 Å². The number of fused-ring (bicyclic) bond motifs is 1. The third-order valence-corrected chi connectivity index (χ3v) is 5.45. The van der Waals surface area contributed by atoms with Gasteiger partial charge in [0.2, 0.25) is 0 Å². The maximum absolute atomic E-state index is 12.2. The van der Waals surface area contributed by atoms with Gasteiger partial charge in [-0.1, -0.05) is 18.2 Å². The predicted molar refractivity (Wildman–Crippen MR) is 114 cm³/mol. The average molecular weight is 408 g/mol. The smallest absolute Gasteiger partial charge is 0.177 e. The molecule has 0 saturated carbocycles. The number of pyridine rings is 2. The van der Waals surface area contributed by atoms with Crippen molar-refractivity contribution in [2.24, 2.45) is 0 Å². The van der Waals surface area contributed by atoms with Crippen LogP contribution in [-0.2, 0) is 9.84 Å². The molecule has 4 rings (SSSR count). The third-order valence-electron chi connectivity index (χ3n) is 4.29. The molecule has 0 atom stereocenters. The van der Waals surface area contributed by atoms with Gasteiger partial charge in [-0.3, -0.25) is 0 Å². The number of anilines is 4.